The molecule has 1 N–H and O–H groups in total. The number of methoxy groups -OCH3 is 1. The lowest BCUT2D eigenvalue weighted by Crippen LogP contribution is -2.41. The molecule has 3 rings (SSSR count). The van der Waals surface area contributed by atoms with Crippen molar-refractivity contribution in [3.05, 3.63) is 35.4 Å². The molecule has 0 aliphatic carbocycles. The number of aromatic nitrogens is 2. The molecule has 0 bridgehead atoms. The lowest BCUT2D eigenvalue weighted by Gasteiger charge is -2.31. The van der Waals surface area contributed by atoms with Crippen LogP contribution < -0.4 is 10.1 Å². The van der Waals surface area contributed by atoms with E-state index in [1.165, 1.54) is 24.7 Å². The molecule has 8 heteroatoms. The van der Waals surface area contributed by atoms with E-state index in [4.69, 9.17) is 4.74 Å². The second-order valence-corrected chi connectivity index (χ2v) is 6.92. The lowest BCUT2D eigenvalue weighted by atomic mass is 9.90. The molecule has 2 amide bonds. The number of hydrogen-bond acceptors (Lipinski definition) is 5. The molecule has 134 valence electrons. The van der Waals surface area contributed by atoms with Crippen molar-refractivity contribution in [1.82, 2.24) is 14.3 Å². The van der Waals surface area contributed by atoms with Gasteiger partial charge in [-0.2, -0.15) is 4.37 Å². The number of nitrogens with zero attached hydrogens (tertiary/aromatic N) is 3. The fraction of sp³-hybridized carbons (Fsp3) is 0.471. The number of aryl methyl sites for hydroxylation is 1. The van der Waals surface area contributed by atoms with Crippen molar-refractivity contribution >= 4 is 22.7 Å². The maximum atomic E-state index is 14.1. The van der Waals surface area contributed by atoms with Gasteiger partial charge in [-0.1, -0.05) is 6.07 Å². The highest BCUT2D eigenvalue weighted by atomic mass is 32.1. The fourth-order valence-electron chi connectivity index (χ4n) is 2.99. The molecule has 1 aliphatic rings. The number of halogens is 1. The molecule has 1 saturated heterocycles. The van der Waals surface area contributed by atoms with Crippen molar-refractivity contribution < 1.29 is 13.9 Å². The minimum Gasteiger partial charge on any atom is -0.497 e. The van der Waals surface area contributed by atoms with Crippen LogP contribution in [0.3, 0.4) is 0 Å². The van der Waals surface area contributed by atoms with Gasteiger partial charge in [-0.25, -0.2) is 14.2 Å². The van der Waals surface area contributed by atoms with Crippen molar-refractivity contribution in [2.24, 2.45) is 5.92 Å². The van der Waals surface area contributed by atoms with Crippen LogP contribution in [-0.4, -0.2) is 40.5 Å². The molecule has 0 spiro atoms. The Morgan fingerprint density at radius 1 is 1.44 bits per heavy atom. The molecule has 0 saturated carbocycles. The predicted octanol–water partition coefficient (Wildman–Crippen LogP) is 3.48. The highest BCUT2D eigenvalue weighted by Gasteiger charge is 2.24. The topological polar surface area (TPSA) is 67.3 Å². The molecule has 6 nitrogen and oxygen atoms in total. The summed E-state index contributed by atoms with van der Waals surface area (Å²) in [6.07, 6.45) is 2.39. The lowest BCUT2D eigenvalue weighted by molar-refractivity contribution is 0.182. The van der Waals surface area contributed by atoms with E-state index in [9.17, 15) is 9.18 Å². The predicted molar refractivity (Wildman–Crippen MR) is 94.6 cm³/mol. The van der Waals surface area contributed by atoms with Gasteiger partial charge in [0.25, 0.3) is 0 Å². The number of likely N-dealkylation sites (tertiary alicyclic amines) is 1. The van der Waals surface area contributed by atoms with Crippen molar-refractivity contribution in [3.63, 3.8) is 0 Å². The van der Waals surface area contributed by atoms with E-state index in [2.05, 4.69) is 14.7 Å². The zero-order chi connectivity index (χ0) is 17.8. The minimum atomic E-state index is -0.230. The number of carbonyl (C=O) groups is 1. The molecule has 2 aromatic rings. The Hall–Kier alpha value is -2.22. The summed E-state index contributed by atoms with van der Waals surface area (Å²) in [5, 5.41) is 3.30. The van der Waals surface area contributed by atoms with Crippen LogP contribution >= 0.6 is 11.5 Å². The number of ether oxygens (including phenoxy) is 1. The second kappa shape index (κ2) is 7.77. The third-order valence-corrected chi connectivity index (χ3v) is 5.13. The standard InChI is InChI=1S/C17H21FN4O2S/c1-11-19-16(25-21-11)20-17(23)22-7-5-12(6-8-22)9-13-3-4-14(24-2)10-15(13)18/h3-4,10,12H,5-9H2,1-2H3,(H,19,20,21,23). The summed E-state index contributed by atoms with van der Waals surface area (Å²) in [7, 11) is 1.53. The first-order chi connectivity index (χ1) is 12.0. The number of hydrogen-bond donors (Lipinski definition) is 1. The molecule has 1 aromatic heterocycles. The van der Waals surface area contributed by atoms with Crippen LogP contribution in [0.4, 0.5) is 14.3 Å². The zero-order valence-electron chi connectivity index (χ0n) is 14.3. The third-order valence-electron chi connectivity index (χ3n) is 4.41. The first-order valence-corrected chi connectivity index (χ1v) is 9.01. The highest BCUT2D eigenvalue weighted by Crippen LogP contribution is 2.25. The summed E-state index contributed by atoms with van der Waals surface area (Å²) < 4.78 is 23.2. The molecular weight excluding hydrogens is 343 g/mol. The van der Waals surface area contributed by atoms with E-state index >= 15 is 0 Å². The molecule has 0 unspecified atom stereocenters. The van der Waals surface area contributed by atoms with Crippen LogP contribution in [0.25, 0.3) is 0 Å². The molecule has 25 heavy (non-hydrogen) atoms. The van der Waals surface area contributed by atoms with Crippen LogP contribution in [0.2, 0.25) is 0 Å². The molecule has 2 heterocycles. The van der Waals surface area contributed by atoms with Crippen LogP contribution in [0.15, 0.2) is 18.2 Å². The summed E-state index contributed by atoms with van der Waals surface area (Å²) in [5.41, 5.74) is 0.702. The van der Waals surface area contributed by atoms with E-state index in [0.717, 1.165) is 12.8 Å². The molecule has 0 atom stereocenters. The largest absolute Gasteiger partial charge is 0.497 e. The SMILES string of the molecule is COc1ccc(CC2CCN(C(=O)Nc3nc(C)ns3)CC2)c(F)c1. The fourth-order valence-corrected chi connectivity index (χ4v) is 3.56. The monoisotopic (exact) mass is 364 g/mol. The van der Waals surface area contributed by atoms with Gasteiger partial charge in [0.2, 0.25) is 5.13 Å². The Bertz CT molecular complexity index is 744. The number of piperidine rings is 1. The first kappa shape index (κ1) is 17.6. The molecule has 0 radical (unpaired) electrons. The van der Waals surface area contributed by atoms with E-state index in [1.54, 1.807) is 24.0 Å². The van der Waals surface area contributed by atoms with Crippen molar-refractivity contribution in [2.75, 3.05) is 25.5 Å². The number of carbonyl (C=O) groups excluding carboxylic acids is 1. The molecule has 1 aliphatic heterocycles. The normalized spacial score (nSPS) is 15.2. The van der Waals surface area contributed by atoms with Crippen molar-refractivity contribution in [3.8, 4) is 5.75 Å². The summed E-state index contributed by atoms with van der Waals surface area (Å²) in [6, 6.07) is 4.84. The molecular formula is C17H21FN4O2S. The zero-order valence-corrected chi connectivity index (χ0v) is 15.1. The Kier molecular flexibility index (Phi) is 5.47. The number of rotatable bonds is 4. The number of amides is 2. The van der Waals surface area contributed by atoms with E-state index < -0.39 is 0 Å². The number of anilines is 1. The second-order valence-electron chi connectivity index (χ2n) is 6.17. The van der Waals surface area contributed by atoms with Crippen LogP contribution in [-0.2, 0) is 6.42 Å². The quantitative estimate of drug-likeness (QED) is 0.902. The summed E-state index contributed by atoms with van der Waals surface area (Å²) in [5.74, 6) is 1.32. The Labute approximate surface area is 150 Å². The van der Waals surface area contributed by atoms with Gasteiger partial charge >= 0.3 is 6.03 Å². The molecule has 1 aromatic carbocycles. The first-order valence-electron chi connectivity index (χ1n) is 8.24. The number of benzene rings is 1. The van der Waals surface area contributed by atoms with Gasteiger partial charge in [-0.3, -0.25) is 5.32 Å². The molecule has 1 fully saturated rings. The van der Waals surface area contributed by atoms with Gasteiger partial charge < -0.3 is 9.64 Å². The maximum Gasteiger partial charge on any atom is 0.323 e. The summed E-state index contributed by atoms with van der Waals surface area (Å²) in [6.45, 7) is 3.11. The number of urea groups is 1. The average molecular weight is 364 g/mol. The van der Waals surface area contributed by atoms with Gasteiger partial charge in [-0.05, 0) is 43.7 Å². The Morgan fingerprint density at radius 2 is 2.20 bits per heavy atom. The van der Waals surface area contributed by atoms with Gasteiger partial charge in [-0.15, -0.1) is 0 Å². The van der Waals surface area contributed by atoms with Gasteiger partial charge in [0.05, 0.1) is 7.11 Å². The Balaban J connectivity index is 1.50. The minimum absolute atomic E-state index is 0.148. The van der Waals surface area contributed by atoms with Gasteiger partial charge in [0, 0.05) is 30.7 Å². The van der Waals surface area contributed by atoms with E-state index in [1.807, 2.05) is 0 Å². The van der Waals surface area contributed by atoms with Crippen LogP contribution in [0.1, 0.15) is 24.2 Å². The van der Waals surface area contributed by atoms with Crippen molar-refractivity contribution in [1.29, 1.82) is 0 Å². The highest BCUT2D eigenvalue weighted by molar-refractivity contribution is 7.09. The maximum absolute atomic E-state index is 14.1. The number of nitrogens with one attached hydrogen (secondary N) is 1. The van der Waals surface area contributed by atoms with Crippen LogP contribution in [0.5, 0.6) is 5.75 Å². The van der Waals surface area contributed by atoms with E-state index in [0.29, 0.717) is 47.7 Å². The third kappa shape index (κ3) is 4.45. The van der Waals surface area contributed by atoms with Crippen molar-refractivity contribution in [2.45, 2.75) is 26.2 Å². The van der Waals surface area contributed by atoms with Crippen LogP contribution in [0, 0.1) is 18.7 Å². The summed E-state index contributed by atoms with van der Waals surface area (Å²) >= 11 is 1.18. The van der Waals surface area contributed by atoms with Gasteiger partial charge in [0.1, 0.15) is 17.4 Å². The van der Waals surface area contributed by atoms with E-state index in [-0.39, 0.29) is 11.8 Å². The Morgan fingerprint density at radius 3 is 2.80 bits per heavy atom. The van der Waals surface area contributed by atoms with Gasteiger partial charge in [0.15, 0.2) is 0 Å². The average Bonchev–Trinajstić information content (AvgIpc) is 3.02. The summed E-state index contributed by atoms with van der Waals surface area (Å²) in [4.78, 5) is 18.2. The smallest absolute Gasteiger partial charge is 0.323 e.